The van der Waals surface area contributed by atoms with E-state index in [0.29, 0.717) is 37.9 Å². The van der Waals surface area contributed by atoms with Gasteiger partial charge in [-0.05, 0) is 114 Å². The highest BCUT2D eigenvalue weighted by Gasteiger charge is 2.44. The average molecular weight is 1240 g/mol. The van der Waals surface area contributed by atoms with Crippen LogP contribution in [0.4, 0.5) is 0 Å². The number of hydrogen-bond donors (Lipinski definition) is 9. The van der Waals surface area contributed by atoms with Gasteiger partial charge in [-0.25, -0.2) is 0 Å². The van der Waals surface area contributed by atoms with E-state index < -0.39 is 156 Å². The Labute approximate surface area is 522 Å². The number of carbonyl (C=O) groups excluding carboxylic acids is 11. The molecule has 1 aromatic carbocycles. The first-order valence-electron chi connectivity index (χ1n) is 31.9. The zero-order valence-corrected chi connectivity index (χ0v) is 55.2. The minimum Gasteiger partial charge on any atom is -0.391 e. The molecule has 9 N–H and O–H groups in total. The van der Waals surface area contributed by atoms with Gasteiger partial charge in [0.25, 0.3) is 0 Å². The molecule has 88 heavy (non-hydrogen) atoms. The summed E-state index contributed by atoms with van der Waals surface area (Å²) in [6.07, 6.45) is 1.22. The minimum absolute atomic E-state index is 0.00144. The lowest BCUT2D eigenvalue weighted by atomic mass is 9.95. The molecule has 0 radical (unpaired) electrons. The SMILES string of the molecule is CC(C)C[C@@H]1NC(=O)[C@H](CC(C)C)NC(=O)[C@H](C)N(C)C(=O)C[C@@H](C(=O)N2CCCCC2)NC(=O)[C@H](C(C)C)N(C)C(=O)[C@H](CC(C)C)NC(=O)[C@H](Cc2ccccc2)NC(=O)[C@H]([C@@H](C)O)NC(=O)[C@@H]2CCN2C(=O)[C@H](CC(C)C)NC(C)[C@H](C)NC1=O. The molecule has 0 aromatic heterocycles. The van der Waals surface area contributed by atoms with Crippen LogP contribution >= 0.6 is 0 Å². The fourth-order valence-electron chi connectivity index (χ4n) is 11.5. The molecule has 0 aliphatic carbocycles. The molecule has 0 bridgehead atoms. The summed E-state index contributed by atoms with van der Waals surface area (Å²) in [6.45, 7) is 25.9. The quantitative estimate of drug-likeness (QED) is 0.137. The fraction of sp³-hybridized carbons (Fsp3) is 0.734. The molecule has 3 aliphatic heterocycles. The van der Waals surface area contributed by atoms with Crippen molar-refractivity contribution in [3.05, 3.63) is 35.9 Å². The summed E-state index contributed by atoms with van der Waals surface area (Å²) < 4.78 is 0. The zero-order valence-electron chi connectivity index (χ0n) is 55.2. The zero-order chi connectivity index (χ0) is 66.0. The van der Waals surface area contributed by atoms with Crippen molar-refractivity contribution >= 4 is 65.0 Å². The fourth-order valence-corrected chi connectivity index (χ4v) is 11.5. The third-order valence-electron chi connectivity index (χ3n) is 16.9. The lowest BCUT2D eigenvalue weighted by Crippen LogP contribution is -2.66. The van der Waals surface area contributed by atoms with Gasteiger partial charge >= 0.3 is 0 Å². The number of aliphatic hydroxyl groups is 1. The second kappa shape index (κ2) is 34.3. The van der Waals surface area contributed by atoms with E-state index in [1.165, 1.54) is 37.7 Å². The van der Waals surface area contributed by atoms with Crippen molar-refractivity contribution in [1.29, 1.82) is 0 Å². The van der Waals surface area contributed by atoms with E-state index in [9.17, 15) is 57.8 Å². The van der Waals surface area contributed by atoms with Gasteiger partial charge in [0.1, 0.15) is 54.4 Å². The van der Waals surface area contributed by atoms with Gasteiger partial charge < -0.3 is 67.2 Å². The van der Waals surface area contributed by atoms with Gasteiger partial charge in [-0.3, -0.25) is 52.7 Å². The maximum Gasteiger partial charge on any atom is 0.245 e. The first kappa shape index (κ1) is 73.8. The Hall–Kier alpha value is -6.69. The van der Waals surface area contributed by atoms with Crippen LogP contribution in [-0.2, 0) is 59.2 Å². The number of rotatable bonds is 13. The lowest BCUT2D eigenvalue weighted by molar-refractivity contribution is -0.150. The average Bonchev–Trinajstić information content (AvgIpc) is 3.40. The third-order valence-corrected chi connectivity index (χ3v) is 16.9. The molecular weight excluding hydrogens is 1130 g/mol. The Kier molecular flexibility index (Phi) is 28.8. The van der Waals surface area contributed by atoms with Crippen molar-refractivity contribution < 1.29 is 57.8 Å². The van der Waals surface area contributed by atoms with E-state index in [4.69, 9.17) is 0 Å². The first-order valence-corrected chi connectivity index (χ1v) is 31.9. The van der Waals surface area contributed by atoms with E-state index in [0.717, 1.165) is 11.3 Å². The van der Waals surface area contributed by atoms with Crippen molar-refractivity contribution in [1.82, 2.24) is 62.1 Å². The summed E-state index contributed by atoms with van der Waals surface area (Å²) in [5, 5.41) is 34.2. The van der Waals surface area contributed by atoms with Gasteiger partial charge in [-0.2, -0.15) is 0 Å². The smallest absolute Gasteiger partial charge is 0.245 e. The summed E-state index contributed by atoms with van der Waals surface area (Å²) in [7, 11) is 2.80. The van der Waals surface area contributed by atoms with Crippen molar-refractivity contribution in [3.63, 3.8) is 0 Å². The van der Waals surface area contributed by atoms with Gasteiger partial charge in [0.2, 0.25) is 65.0 Å². The summed E-state index contributed by atoms with van der Waals surface area (Å²) in [6, 6.07) is -4.54. The minimum atomic E-state index is -1.61. The maximum absolute atomic E-state index is 14.9. The summed E-state index contributed by atoms with van der Waals surface area (Å²) in [4.78, 5) is 165. The molecular formula is C64H106N12O12. The topological polar surface area (TPSA) is 317 Å². The second-order valence-electron chi connectivity index (χ2n) is 26.8. The van der Waals surface area contributed by atoms with E-state index in [-0.39, 0.29) is 62.3 Å². The van der Waals surface area contributed by atoms with Crippen LogP contribution < -0.4 is 42.5 Å². The van der Waals surface area contributed by atoms with Gasteiger partial charge in [0, 0.05) is 52.2 Å². The lowest BCUT2D eigenvalue weighted by Gasteiger charge is -2.43. The van der Waals surface area contributed by atoms with E-state index >= 15 is 0 Å². The largest absolute Gasteiger partial charge is 0.391 e. The summed E-state index contributed by atoms with van der Waals surface area (Å²) >= 11 is 0. The number of carbonyl (C=O) groups is 11. The number of hydrogen-bond acceptors (Lipinski definition) is 13. The molecule has 0 saturated carbocycles. The standard InChI is InChI=1S/C64H106N12O12/c1-35(2)29-45-56(80)66-41(12)40(11)65-49(32-38(7)8)64(88)76-28-25-51(76)59(83)72-53(43(14)77)60(84)69-47(33-44-23-19-17-20-24-44)58(82)70-48(31-37(5)6)62(86)74(16)54(39(9)10)61(85)71-50(63(87)75-26-21-18-22-27-75)34-52(78)73(15)42(13)55(79)67-46(30-36(3)4)57(81)68-45/h17,19-20,23-24,35-43,45-51,53-54,65,77H,18,21-22,25-34H2,1-16H3,(H,66,80)(H,67,79)(H,68,81)(H,69,84)(H,70,82)(H,71,85)(H,72,83)/t40?,41-,42-,43+,45-,46-,47-,48-,49-,50-,51-,53-,54-/m0/s1. The monoisotopic (exact) mass is 1230 g/mol. The van der Waals surface area contributed by atoms with Gasteiger partial charge in [0.15, 0.2) is 0 Å². The maximum atomic E-state index is 14.9. The highest BCUT2D eigenvalue weighted by molar-refractivity contribution is 5.99. The number of fused-ring (bicyclic) bond motifs is 1. The van der Waals surface area contributed by atoms with Crippen LogP contribution in [-0.4, -0.2) is 202 Å². The van der Waals surface area contributed by atoms with Crippen LogP contribution in [0.1, 0.15) is 160 Å². The number of benzene rings is 1. The number of likely N-dealkylation sites (N-methyl/N-ethyl adjacent to an activating group) is 2. The molecule has 494 valence electrons. The molecule has 3 aliphatic rings. The highest BCUT2D eigenvalue weighted by Crippen LogP contribution is 2.23. The Bertz CT molecular complexity index is 2560. The van der Waals surface area contributed by atoms with Crippen molar-refractivity contribution in [3.8, 4) is 0 Å². The second-order valence-corrected chi connectivity index (χ2v) is 26.8. The summed E-state index contributed by atoms with van der Waals surface area (Å²) in [5.74, 6) is -8.21. The molecule has 3 saturated heterocycles. The van der Waals surface area contributed by atoms with Gasteiger partial charge in [-0.15, -0.1) is 0 Å². The summed E-state index contributed by atoms with van der Waals surface area (Å²) in [5.41, 5.74) is 0.629. The molecule has 11 amide bonds. The molecule has 13 atom stereocenters. The number of amides is 11. The predicted octanol–water partition coefficient (Wildman–Crippen LogP) is 1.90. The van der Waals surface area contributed by atoms with Gasteiger partial charge in [0.05, 0.1) is 18.6 Å². The molecule has 24 nitrogen and oxygen atoms in total. The van der Waals surface area contributed by atoms with E-state index in [1.807, 2.05) is 55.4 Å². The Balaban J connectivity index is 1.82. The first-order chi connectivity index (χ1) is 41.2. The molecule has 0 spiro atoms. The highest BCUT2D eigenvalue weighted by atomic mass is 16.3. The molecule has 1 unspecified atom stereocenters. The Morgan fingerprint density at radius 2 is 1.02 bits per heavy atom. The van der Waals surface area contributed by atoms with Crippen LogP contribution in [0.15, 0.2) is 30.3 Å². The Morgan fingerprint density at radius 1 is 0.523 bits per heavy atom. The molecule has 24 heteroatoms. The van der Waals surface area contributed by atoms with Crippen molar-refractivity contribution in [2.24, 2.45) is 29.6 Å². The molecule has 3 heterocycles. The number of piperidine rings is 1. The normalized spacial score (nSPS) is 28.7. The van der Waals surface area contributed by atoms with Crippen LogP contribution in [0.25, 0.3) is 0 Å². The van der Waals surface area contributed by atoms with Crippen molar-refractivity contribution in [2.45, 2.75) is 240 Å². The third kappa shape index (κ3) is 21.5. The Morgan fingerprint density at radius 3 is 1.55 bits per heavy atom. The number of likely N-dealkylation sites (tertiary alicyclic amines) is 1. The molecule has 1 aromatic rings. The van der Waals surface area contributed by atoms with E-state index in [2.05, 4.69) is 42.5 Å². The van der Waals surface area contributed by atoms with Crippen molar-refractivity contribution in [2.75, 3.05) is 33.7 Å². The van der Waals surface area contributed by atoms with Crippen LogP contribution in [0.3, 0.4) is 0 Å². The predicted molar refractivity (Wildman–Crippen MR) is 334 cm³/mol. The van der Waals surface area contributed by atoms with Gasteiger partial charge in [-0.1, -0.05) is 99.6 Å². The van der Waals surface area contributed by atoms with E-state index in [1.54, 1.807) is 62.9 Å². The number of nitrogens with one attached hydrogen (secondary N) is 8. The van der Waals surface area contributed by atoms with Crippen LogP contribution in [0.2, 0.25) is 0 Å². The molecule has 3 fully saturated rings. The van der Waals surface area contributed by atoms with Crippen LogP contribution in [0, 0.1) is 29.6 Å². The number of aliphatic hydroxyl groups excluding tert-OH is 1. The number of nitrogens with zero attached hydrogens (tertiary/aromatic N) is 4. The van der Waals surface area contributed by atoms with Crippen LogP contribution in [0.5, 0.6) is 0 Å². The molecule has 4 rings (SSSR count).